The van der Waals surface area contributed by atoms with Crippen LogP contribution in [0.15, 0.2) is 88.1 Å². The van der Waals surface area contributed by atoms with Crippen molar-refractivity contribution < 1.29 is 18.8 Å². The maximum absolute atomic E-state index is 12.7. The Balaban J connectivity index is 1.45. The van der Waals surface area contributed by atoms with E-state index in [4.69, 9.17) is 4.42 Å². The first kappa shape index (κ1) is 18.5. The zero-order valence-electron chi connectivity index (χ0n) is 16.0. The molecule has 4 aromatic rings. The number of anilines is 2. The first-order chi connectivity index (χ1) is 15.0. The van der Waals surface area contributed by atoms with Crippen molar-refractivity contribution in [3.63, 3.8) is 0 Å². The summed E-state index contributed by atoms with van der Waals surface area (Å²) in [6, 6.07) is 21.2. The van der Waals surface area contributed by atoms with E-state index in [0.717, 1.165) is 4.90 Å². The lowest BCUT2D eigenvalue weighted by atomic mass is 10.1. The number of amides is 3. The van der Waals surface area contributed by atoms with Crippen LogP contribution in [0.2, 0.25) is 0 Å². The molecule has 0 saturated heterocycles. The van der Waals surface area contributed by atoms with Gasteiger partial charge in [0.25, 0.3) is 17.7 Å². The molecule has 0 unspecified atom stereocenters. The van der Waals surface area contributed by atoms with E-state index in [2.05, 4.69) is 5.32 Å². The van der Waals surface area contributed by atoms with Gasteiger partial charge in [0.1, 0.15) is 11.1 Å². The summed E-state index contributed by atoms with van der Waals surface area (Å²) >= 11 is 0. The van der Waals surface area contributed by atoms with E-state index in [9.17, 15) is 19.2 Å². The molecule has 0 atom stereocenters. The SMILES string of the molecule is O=C(Nc1cccc(N2C(=O)c3ccccc3C2=O)c1)c1cc2ccccc2oc1=O. The number of imide groups is 1. The van der Waals surface area contributed by atoms with Gasteiger partial charge in [-0.15, -0.1) is 0 Å². The number of carbonyl (C=O) groups is 3. The minimum atomic E-state index is -0.757. The number of benzene rings is 3. The topological polar surface area (TPSA) is 96.7 Å². The summed E-state index contributed by atoms with van der Waals surface area (Å²) in [5.41, 5.74) is 0.779. The molecule has 0 radical (unpaired) electrons. The lowest BCUT2D eigenvalue weighted by Gasteiger charge is -2.15. The number of fused-ring (bicyclic) bond motifs is 2. The number of hydrogen-bond acceptors (Lipinski definition) is 5. The smallest absolute Gasteiger partial charge is 0.349 e. The van der Waals surface area contributed by atoms with Crippen LogP contribution in [0.25, 0.3) is 11.0 Å². The Morgan fingerprint density at radius 2 is 1.45 bits per heavy atom. The van der Waals surface area contributed by atoms with Crippen molar-refractivity contribution in [2.24, 2.45) is 0 Å². The third kappa shape index (κ3) is 3.08. The molecule has 0 saturated carbocycles. The predicted molar refractivity (Wildman–Crippen MR) is 114 cm³/mol. The van der Waals surface area contributed by atoms with Crippen molar-refractivity contribution in [2.75, 3.05) is 10.2 Å². The number of nitrogens with one attached hydrogen (secondary N) is 1. The third-order valence-electron chi connectivity index (χ3n) is 5.04. The average Bonchev–Trinajstić information content (AvgIpc) is 3.04. The summed E-state index contributed by atoms with van der Waals surface area (Å²) in [6.45, 7) is 0. The van der Waals surface area contributed by atoms with Crippen molar-refractivity contribution in [2.45, 2.75) is 0 Å². The molecule has 1 N–H and O–H groups in total. The van der Waals surface area contributed by atoms with Gasteiger partial charge in [-0.3, -0.25) is 14.4 Å². The van der Waals surface area contributed by atoms with Crippen molar-refractivity contribution >= 4 is 40.1 Å². The maximum atomic E-state index is 12.7. The molecule has 2 heterocycles. The van der Waals surface area contributed by atoms with Gasteiger partial charge in [0.15, 0.2) is 0 Å². The molecule has 150 valence electrons. The first-order valence-electron chi connectivity index (χ1n) is 9.45. The van der Waals surface area contributed by atoms with Gasteiger partial charge in [0.2, 0.25) is 0 Å². The fraction of sp³-hybridized carbons (Fsp3) is 0. The van der Waals surface area contributed by atoms with E-state index in [1.807, 2.05) is 0 Å². The van der Waals surface area contributed by atoms with Gasteiger partial charge in [-0.1, -0.05) is 36.4 Å². The minimum Gasteiger partial charge on any atom is -0.422 e. The Morgan fingerprint density at radius 1 is 0.774 bits per heavy atom. The normalized spacial score (nSPS) is 12.8. The van der Waals surface area contributed by atoms with Crippen LogP contribution in [0.3, 0.4) is 0 Å². The fourth-order valence-corrected chi connectivity index (χ4v) is 3.57. The minimum absolute atomic E-state index is 0.148. The van der Waals surface area contributed by atoms with E-state index in [0.29, 0.717) is 33.5 Å². The average molecular weight is 410 g/mol. The van der Waals surface area contributed by atoms with E-state index >= 15 is 0 Å². The van der Waals surface area contributed by atoms with E-state index in [-0.39, 0.29) is 5.56 Å². The molecule has 31 heavy (non-hydrogen) atoms. The fourth-order valence-electron chi connectivity index (χ4n) is 3.57. The van der Waals surface area contributed by atoms with Crippen molar-refractivity contribution in [1.29, 1.82) is 0 Å². The summed E-state index contributed by atoms with van der Waals surface area (Å²) < 4.78 is 5.21. The highest BCUT2D eigenvalue weighted by molar-refractivity contribution is 6.34. The maximum Gasteiger partial charge on any atom is 0.349 e. The van der Waals surface area contributed by atoms with Crippen LogP contribution in [-0.4, -0.2) is 17.7 Å². The second-order valence-corrected chi connectivity index (χ2v) is 6.98. The van der Waals surface area contributed by atoms with Crippen LogP contribution in [0, 0.1) is 0 Å². The van der Waals surface area contributed by atoms with Gasteiger partial charge in [-0.2, -0.15) is 0 Å². The molecule has 1 aliphatic heterocycles. The molecule has 7 heteroatoms. The van der Waals surface area contributed by atoms with Crippen molar-refractivity contribution in [1.82, 2.24) is 0 Å². The monoisotopic (exact) mass is 410 g/mol. The van der Waals surface area contributed by atoms with Crippen LogP contribution in [0.5, 0.6) is 0 Å². The molecule has 0 spiro atoms. The number of rotatable bonds is 3. The highest BCUT2D eigenvalue weighted by Gasteiger charge is 2.36. The van der Waals surface area contributed by atoms with E-state index in [1.165, 1.54) is 12.1 Å². The molecule has 0 fully saturated rings. The van der Waals surface area contributed by atoms with Crippen LogP contribution in [0.4, 0.5) is 11.4 Å². The predicted octanol–water partition coefficient (Wildman–Crippen LogP) is 3.85. The van der Waals surface area contributed by atoms with Gasteiger partial charge in [-0.25, -0.2) is 9.69 Å². The highest BCUT2D eigenvalue weighted by Crippen LogP contribution is 2.29. The Morgan fingerprint density at radius 3 is 2.19 bits per heavy atom. The molecule has 1 aliphatic rings. The lowest BCUT2D eigenvalue weighted by Crippen LogP contribution is -2.29. The van der Waals surface area contributed by atoms with Crippen molar-refractivity contribution in [3.05, 3.63) is 106 Å². The molecular weight excluding hydrogens is 396 g/mol. The van der Waals surface area contributed by atoms with E-state index < -0.39 is 23.3 Å². The second kappa shape index (κ2) is 7.07. The Bertz CT molecular complexity index is 1420. The molecule has 1 aromatic heterocycles. The zero-order chi connectivity index (χ0) is 21.5. The van der Waals surface area contributed by atoms with E-state index in [1.54, 1.807) is 66.7 Å². The number of para-hydroxylation sites is 1. The largest absolute Gasteiger partial charge is 0.422 e. The first-order valence-corrected chi connectivity index (χ1v) is 9.45. The standard InChI is InChI=1S/C24H14N2O5/c27-21(19-12-14-6-1-4-11-20(14)31-24(19)30)25-15-7-5-8-16(13-15)26-22(28)17-9-2-3-10-18(17)23(26)29/h1-13H,(H,25,27). The zero-order valence-corrected chi connectivity index (χ0v) is 16.0. The number of nitrogens with zero attached hydrogens (tertiary/aromatic N) is 1. The number of hydrogen-bond donors (Lipinski definition) is 1. The molecule has 7 nitrogen and oxygen atoms in total. The Labute approximate surface area is 175 Å². The third-order valence-corrected chi connectivity index (χ3v) is 5.04. The van der Waals surface area contributed by atoms with Gasteiger partial charge in [0.05, 0.1) is 16.8 Å². The highest BCUT2D eigenvalue weighted by atomic mass is 16.4. The quantitative estimate of drug-likeness (QED) is 0.409. The van der Waals surface area contributed by atoms with Gasteiger partial charge in [-0.05, 0) is 42.5 Å². The van der Waals surface area contributed by atoms with Gasteiger partial charge < -0.3 is 9.73 Å². The summed E-state index contributed by atoms with van der Waals surface area (Å²) in [7, 11) is 0. The Hall–Kier alpha value is -4.52. The Kier molecular flexibility index (Phi) is 4.22. The van der Waals surface area contributed by atoms with Crippen LogP contribution in [-0.2, 0) is 0 Å². The summed E-state index contributed by atoms with van der Waals surface area (Å²) in [5, 5.41) is 3.25. The molecule has 5 rings (SSSR count). The lowest BCUT2D eigenvalue weighted by molar-refractivity contribution is 0.0925. The number of carbonyl (C=O) groups excluding carboxylic acids is 3. The molecule has 0 bridgehead atoms. The summed E-state index contributed by atoms with van der Waals surface area (Å²) in [6.07, 6.45) is 0. The van der Waals surface area contributed by atoms with Crippen molar-refractivity contribution in [3.8, 4) is 0 Å². The summed E-state index contributed by atoms with van der Waals surface area (Å²) in [5.74, 6) is -1.52. The molecule has 3 aromatic carbocycles. The van der Waals surface area contributed by atoms with Gasteiger partial charge in [0, 0.05) is 11.1 Å². The molecule has 3 amide bonds. The molecule has 0 aliphatic carbocycles. The molecular formula is C24H14N2O5. The van der Waals surface area contributed by atoms with Crippen LogP contribution in [0.1, 0.15) is 31.1 Å². The second-order valence-electron chi connectivity index (χ2n) is 6.98. The van der Waals surface area contributed by atoms with Crippen LogP contribution >= 0.6 is 0 Å². The van der Waals surface area contributed by atoms with Gasteiger partial charge >= 0.3 is 5.63 Å². The van der Waals surface area contributed by atoms with Crippen LogP contribution < -0.4 is 15.8 Å². The summed E-state index contributed by atoms with van der Waals surface area (Å²) in [4.78, 5) is 51.4.